The molecule has 7 heteroatoms. The second-order valence-corrected chi connectivity index (χ2v) is 5.45. The van der Waals surface area contributed by atoms with Gasteiger partial charge in [0.1, 0.15) is 6.54 Å². The van der Waals surface area contributed by atoms with Gasteiger partial charge in [-0.25, -0.2) is 8.42 Å². The van der Waals surface area contributed by atoms with Crippen LogP contribution in [-0.4, -0.2) is 39.4 Å². The van der Waals surface area contributed by atoms with Crippen molar-refractivity contribution in [3.63, 3.8) is 0 Å². The van der Waals surface area contributed by atoms with Gasteiger partial charge in [0.15, 0.2) is 0 Å². The molecule has 17 heavy (non-hydrogen) atoms. The van der Waals surface area contributed by atoms with E-state index < -0.39 is 16.0 Å². The molecule has 94 valence electrons. The summed E-state index contributed by atoms with van der Waals surface area (Å²) in [5.41, 5.74) is 5.85. The highest BCUT2D eigenvalue weighted by atomic mass is 32.2. The van der Waals surface area contributed by atoms with Crippen molar-refractivity contribution >= 4 is 21.7 Å². The van der Waals surface area contributed by atoms with E-state index in [-0.39, 0.29) is 11.4 Å². The number of nitrogens with two attached hydrogens (primary N) is 1. The first-order chi connectivity index (χ1) is 7.87. The number of ether oxygens (including phenoxy) is 1. The minimum atomic E-state index is -3.71. The van der Waals surface area contributed by atoms with Crippen LogP contribution < -0.4 is 5.73 Å². The Kier molecular flexibility index (Phi) is 4.08. The largest absolute Gasteiger partial charge is 0.468 e. The van der Waals surface area contributed by atoms with Crippen molar-refractivity contribution in [3.05, 3.63) is 24.3 Å². The maximum absolute atomic E-state index is 12.0. The van der Waals surface area contributed by atoms with E-state index in [4.69, 9.17) is 5.73 Å². The van der Waals surface area contributed by atoms with Gasteiger partial charge in [-0.15, -0.1) is 0 Å². The maximum Gasteiger partial charge on any atom is 0.321 e. The summed E-state index contributed by atoms with van der Waals surface area (Å²) in [6.07, 6.45) is 0. The molecule has 0 aliphatic heterocycles. The molecule has 0 fully saturated rings. The fourth-order valence-corrected chi connectivity index (χ4v) is 2.36. The minimum Gasteiger partial charge on any atom is -0.468 e. The number of carbonyl (C=O) groups excluding carboxylic acids is 1. The van der Waals surface area contributed by atoms with E-state index in [0.29, 0.717) is 5.69 Å². The van der Waals surface area contributed by atoms with E-state index in [0.717, 1.165) is 4.31 Å². The Hall–Kier alpha value is -1.60. The zero-order valence-corrected chi connectivity index (χ0v) is 10.4. The normalized spacial score (nSPS) is 11.5. The number of sulfonamides is 1. The molecule has 0 aliphatic carbocycles. The fraction of sp³-hybridized carbons (Fsp3) is 0.300. The van der Waals surface area contributed by atoms with Gasteiger partial charge >= 0.3 is 5.97 Å². The van der Waals surface area contributed by atoms with Gasteiger partial charge in [0, 0.05) is 12.7 Å². The van der Waals surface area contributed by atoms with Gasteiger partial charge in [0.2, 0.25) is 10.0 Å². The van der Waals surface area contributed by atoms with Crippen LogP contribution in [0.3, 0.4) is 0 Å². The Bertz CT molecular complexity index is 513. The third kappa shape index (κ3) is 3.18. The Labute approximate surface area is 100 Å². The summed E-state index contributed by atoms with van der Waals surface area (Å²) < 4.78 is 29.3. The maximum atomic E-state index is 12.0. The molecule has 0 unspecified atom stereocenters. The summed E-state index contributed by atoms with van der Waals surface area (Å²) in [5.74, 6) is -0.625. The molecule has 0 saturated carbocycles. The summed E-state index contributed by atoms with van der Waals surface area (Å²) in [6, 6.07) is 5.87. The molecule has 0 aliphatic rings. The number of methoxy groups -OCH3 is 1. The van der Waals surface area contributed by atoms with E-state index >= 15 is 0 Å². The Morgan fingerprint density at radius 1 is 1.47 bits per heavy atom. The standard InChI is InChI=1S/C10H14N2O4S/c1-12(7-10(13)16-2)17(14,15)9-5-3-4-8(11)6-9/h3-6H,7,11H2,1-2H3. The number of hydrogen-bond acceptors (Lipinski definition) is 5. The number of hydrogen-bond donors (Lipinski definition) is 1. The average molecular weight is 258 g/mol. The zero-order valence-electron chi connectivity index (χ0n) is 9.58. The first-order valence-electron chi connectivity index (χ1n) is 4.76. The molecule has 2 N–H and O–H groups in total. The number of nitrogens with zero attached hydrogens (tertiary/aromatic N) is 1. The van der Waals surface area contributed by atoms with Crippen LogP contribution >= 0.6 is 0 Å². The van der Waals surface area contributed by atoms with E-state index in [9.17, 15) is 13.2 Å². The number of likely N-dealkylation sites (N-methyl/N-ethyl adjacent to an activating group) is 1. The smallest absolute Gasteiger partial charge is 0.321 e. The summed E-state index contributed by atoms with van der Waals surface area (Å²) in [5, 5.41) is 0. The number of rotatable bonds is 4. The van der Waals surface area contributed by atoms with Crippen molar-refractivity contribution in [1.82, 2.24) is 4.31 Å². The number of benzene rings is 1. The van der Waals surface area contributed by atoms with E-state index in [1.807, 2.05) is 0 Å². The Balaban J connectivity index is 2.99. The average Bonchev–Trinajstić information content (AvgIpc) is 2.28. The number of esters is 1. The van der Waals surface area contributed by atoms with Gasteiger partial charge in [-0.05, 0) is 18.2 Å². The zero-order chi connectivity index (χ0) is 13.1. The molecule has 0 atom stereocenters. The molecule has 0 heterocycles. The Morgan fingerprint density at radius 2 is 2.12 bits per heavy atom. The molecule has 1 aromatic rings. The summed E-state index contributed by atoms with van der Waals surface area (Å²) in [6.45, 7) is -0.340. The molecular weight excluding hydrogens is 244 g/mol. The molecule has 0 radical (unpaired) electrons. The van der Waals surface area contributed by atoms with Crippen LogP contribution in [-0.2, 0) is 19.6 Å². The lowest BCUT2D eigenvalue weighted by Gasteiger charge is -2.15. The summed E-state index contributed by atoms with van der Waals surface area (Å²) >= 11 is 0. The van der Waals surface area contributed by atoms with E-state index in [1.165, 1.54) is 32.4 Å². The van der Waals surface area contributed by atoms with Gasteiger partial charge in [0.05, 0.1) is 12.0 Å². The highest BCUT2D eigenvalue weighted by Gasteiger charge is 2.23. The number of anilines is 1. The van der Waals surface area contributed by atoms with Crippen LogP contribution in [0.1, 0.15) is 0 Å². The molecule has 0 saturated heterocycles. The van der Waals surface area contributed by atoms with Crippen LogP contribution in [0.15, 0.2) is 29.2 Å². The van der Waals surface area contributed by atoms with E-state index in [2.05, 4.69) is 4.74 Å². The number of nitrogen functional groups attached to an aromatic ring is 1. The van der Waals surface area contributed by atoms with Gasteiger partial charge in [-0.1, -0.05) is 6.07 Å². The minimum absolute atomic E-state index is 0.0453. The van der Waals surface area contributed by atoms with Crippen LogP contribution in [0, 0.1) is 0 Å². The topological polar surface area (TPSA) is 89.7 Å². The van der Waals surface area contributed by atoms with Crippen LogP contribution in [0.2, 0.25) is 0 Å². The highest BCUT2D eigenvalue weighted by Crippen LogP contribution is 2.16. The third-order valence-corrected chi connectivity index (χ3v) is 3.95. The Morgan fingerprint density at radius 3 is 2.65 bits per heavy atom. The second kappa shape index (κ2) is 5.15. The van der Waals surface area contributed by atoms with Gasteiger partial charge in [0.25, 0.3) is 0 Å². The second-order valence-electron chi connectivity index (χ2n) is 3.41. The van der Waals surface area contributed by atoms with Crippen molar-refractivity contribution in [2.24, 2.45) is 0 Å². The van der Waals surface area contributed by atoms with Crippen molar-refractivity contribution in [2.75, 3.05) is 26.4 Å². The monoisotopic (exact) mass is 258 g/mol. The van der Waals surface area contributed by atoms with Crippen molar-refractivity contribution in [1.29, 1.82) is 0 Å². The predicted molar refractivity (Wildman–Crippen MR) is 62.7 cm³/mol. The van der Waals surface area contributed by atoms with Crippen LogP contribution in [0.25, 0.3) is 0 Å². The summed E-state index contributed by atoms with van der Waals surface area (Å²) in [7, 11) is -1.22. The van der Waals surface area contributed by atoms with Gasteiger partial charge in [-0.2, -0.15) is 4.31 Å². The predicted octanol–water partition coefficient (Wildman–Crippen LogP) is 0.0623. The molecule has 1 rings (SSSR count). The third-order valence-electron chi connectivity index (χ3n) is 2.15. The molecule has 0 bridgehead atoms. The summed E-state index contributed by atoms with van der Waals surface area (Å²) in [4.78, 5) is 11.1. The van der Waals surface area contributed by atoms with Crippen molar-refractivity contribution in [3.8, 4) is 0 Å². The lowest BCUT2D eigenvalue weighted by Crippen LogP contribution is -2.32. The molecule has 0 spiro atoms. The highest BCUT2D eigenvalue weighted by molar-refractivity contribution is 7.89. The molecule has 6 nitrogen and oxygen atoms in total. The molecule has 0 amide bonds. The molecule has 0 aromatic heterocycles. The lowest BCUT2D eigenvalue weighted by molar-refractivity contribution is -0.140. The van der Waals surface area contributed by atoms with Crippen LogP contribution in [0.4, 0.5) is 5.69 Å². The quantitative estimate of drug-likeness (QED) is 0.609. The molecule has 1 aromatic carbocycles. The van der Waals surface area contributed by atoms with E-state index in [1.54, 1.807) is 6.07 Å². The first-order valence-corrected chi connectivity index (χ1v) is 6.20. The number of carbonyl (C=O) groups is 1. The SMILES string of the molecule is COC(=O)CN(C)S(=O)(=O)c1cccc(N)c1. The van der Waals surface area contributed by atoms with Gasteiger partial charge in [-0.3, -0.25) is 4.79 Å². The van der Waals surface area contributed by atoms with Crippen LogP contribution in [0.5, 0.6) is 0 Å². The van der Waals surface area contributed by atoms with Crippen molar-refractivity contribution < 1.29 is 17.9 Å². The van der Waals surface area contributed by atoms with Gasteiger partial charge < -0.3 is 10.5 Å². The lowest BCUT2D eigenvalue weighted by atomic mass is 10.3. The molecular formula is C10H14N2O4S. The first kappa shape index (κ1) is 13.5. The fourth-order valence-electron chi connectivity index (χ4n) is 1.19. The van der Waals surface area contributed by atoms with Crippen molar-refractivity contribution in [2.45, 2.75) is 4.90 Å².